The summed E-state index contributed by atoms with van der Waals surface area (Å²) in [5, 5.41) is 0. The van der Waals surface area contributed by atoms with E-state index in [0.29, 0.717) is 0 Å². The summed E-state index contributed by atoms with van der Waals surface area (Å²) < 4.78 is 10.6. The molecule has 0 bridgehead atoms. The molecule has 2 heteroatoms. The Labute approximate surface area is 177 Å². The van der Waals surface area contributed by atoms with Crippen LogP contribution in [0.1, 0.15) is 124 Å². The second kappa shape index (κ2) is 22.8. The van der Waals surface area contributed by atoms with E-state index < -0.39 is 0 Å². The van der Waals surface area contributed by atoms with E-state index in [0.717, 1.165) is 31.7 Å². The quantitative estimate of drug-likeness (QED) is 0.127. The number of unbranched alkanes of at least 4 members (excludes halogenated alkanes) is 9. The van der Waals surface area contributed by atoms with Crippen molar-refractivity contribution in [3.63, 3.8) is 0 Å². The summed E-state index contributed by atoms with van der Waals surface area (Å²) in [5.74, 6) is 1.83. The van der Waals surface area contributed by atoms with Gasteiger partial charge in [0.05, 0.1) is 12.9 Å². The van der Waals surface area contributed by atoms with Gasteiger partial charge in [-0.2, -0.15) is 0 Å². The first-order chi connectivity index (χ1) is 13.7. The van der Waals surface area contributed by atoms with Crippen molar-refractivity contribution >= 4 is 0 Å². The van der Waals surface area contributed by atoms with Crippen LogP contribution in [0.2, 0.25) is 0 Å². The summed E-state index contributed by atoms with van der Waals surface area (Å²) in [6.07, 6.45) is 23.6. The molecule has 0 aliphatic rings. The molecule has 2 nitrogen and oxygen atoms in total. The van der Waals surface area contributed by atoms with Gasteiger partial charge in [-0.25, -0.2) is 0 Å². The highest BCUT2D eigenvalue weighted by atomic mass is 16.5. The third-order valence-electron chi connectivity index (χ3n) is 5.91. The fourth-order valence-electron chi connectivity index (χ4n) is 3.94. The minimum Gasteiger partial charge on any atom is -0.502 e. The Hall–Kier alpha value is -0.500. The fraction of sp³-hybridized carbons (Fsp3) is 0.923. The third-order valence-corrected chi connectivity index (χ3v) is 5.91. The van der Waals surface area contributed by atoms with Crippen molar-refractivity contribution in [3.8, 4) is 0 Å². The second-order valence-corrected chi connectivity index (χ2v) is 8.84. The second-order valence-electron chi connectivity index (χ2n) is 8.84. The highest BCUT2D eigenvalue weighted by molar-refractivity contribution is 4.59. The van der Waals surface area contributed by atoms with Gasteiger partial charge in [-0.05, 0) is 31.6 Å². The van der Waals surface area contributed by atoms with Crippen LogP contribution in [-0.4, -0.2) is 19.8 Å². The van der Waals surface area contributed by atoms with E-state index in [1.165, 1.54) is 103 Å². The van der Waals surface area contributed by atoms with Gasteiger partial charge < -0.3 is 9.47 Å². The lowest BCUT2D eigenvalue weighted by molar-refractivity contribution is 0.143. The molecular weight excluding hydrogens is 344 g/mol. The molecule has 0 N–H and O–H groups in total. The normalized spacial score (nSPS) is 13.4. The molecule has 0 aliphatic carbocycles. The maximum absolute atomic E-state index is 5.39. The molecular formula is C26H52O2. The van der Waals surface area contributed by atoms with Crippen LogP contribution < -0.4 is 0 Å². The lowest BCUT2D eigenvalue weighted by atomic mass is 9.93. The van der Waals surface area contributed by atoms with Crippen LogP contribution in [0.5, 0.6) is 0 Å². The number of rotatable bonds is 23. The Kier molecular flexibility index (Phi) is 22.4. The molecule has 0 amide bonds. The minimum atomic E-state index is 0.840. The van der Waals surface area contributed by atoms with Gasteiger partial charge in [0.15, 0.2) is 0 Å². The highest BCUT2D eigenvalue weighted by Crippen LogP contribution is 2.21. The molecule has 0 aromatic heterocycles. The molecule has 0 aliphatic heterocycles. The first-order valence-electron chi connectivity index (χ1n) is 12.5. The van der Waals surface area contributed by atoms with E-state index in [1.54, 1.807) is 6.26 Å². The topological polar surface area (TPSA) is 18.5 Å². The van der Waals surface area contributed by atoms with E-state index in [1.807, 2.05) is 0 Å². The van der Waals surface area contributed by atoms with E-state index in [4.69, 9.17) is 9.47 Å². The summed E-state index contributed by atoms with van der Waals surface area (Å²) in [7, 11) is 0. The van der Waals surface area contributed by atoms with Crippen LogP contribution in [0.25, 0.3) is 0 Å². The molecule has 0 aromatic carbocycles. The standard InChI is InChI=1S/C26H52O2/c1-5-27-23-17-11-7-9-13-19-25(3)21-15-16-22-26(4)20-14-10-8-12-18-24-28-6-2/h5,25-26H,1,6-24H2,2-4H3. The highest BCUT2D eigenvalue weighted by Gasteiger charge is 2.05. The van der Waals surface area contributed by atoms with Gasteiger partial charge in [0.1, 0.15) is 0 Å². The zero-order valence-corrected chi connectivity index (χ0v) is 19.7. The van der Waals surface area contributed by atoms with Crippen LogP contribution in [0.4, 0.5) is 0 Å². The number of ether oxygens (including phenoxy) is 2. The Morgan fingerprint density at radius 2 is 1.00 bits per heavy atom. The fourth-order valence-corrected chi connectivity index (χ4v) is 3.94. The van der Waals surface area contributed by atoms with Crippen molar-refractivity contribution in [2.24, 2.45) is 11.8 Å². The van der Waals surface area contributed by atoms with Crippen LogP contribution >= 0.6 is 0 Å². The molecule has 2 unspecified atom stereocenters. The molecule has 0 spiro atoms. The van der Waals surface area contributed by atoms with E-state index in [9.17, 15) is 0 Å². The SMILES string of the molecule is C=COCCCCCCCC(C)CCCCC(C)CCCCCCCOCC. The predicted octanol–water partition coefficient (Wildman–Crippen LogP) is 8.70. The largest absolute Gasteiger partial charge is 0.502 e. The van der Waals surface area contributed by atoms with Gasteiger partial charge in [0.2, 0.25) is 0 Å². The average Bonchev–Trinajstić information content (AvgIpc) is 2.69. The molecule has 168 valence electrons. The molecule has 0 saturated carbocycles. The molecule has 0 radical (unpaired) electrons. The van der Waals surface area contributed by atoms with Gasteiger partial charge in [-0.1, -0.05) is 110 Å². The Morgan fingerprint density at radius 3 is 1.46 bits per heavy atom. The van der Waals surface area contributed by atoms with Crippen molar-refractivity contribution in [2.45, 2.75) is 124 Å². The first kappa shape index (κ1) is 27.5. The summed E-state index contributed by atoms with van der Waals surface area (Å²) in [5.41, 5.74) is 0. The molecule has 2 atom stereocenters. The summed E-state index contributed by atoms with van der Waals surface area (Å²) in [6, 6.07) is 0. The van der Waals surface area contributed by atoms with Crippen LogP contribution in [0.15, 0.2) is 12.8 Å². The Morgan fingerprint density at radius 1 is 0.607 bits per heavy atom. The molecule has 0 saturated heterocycles. The maximum atomic E-state index is 5.39. The van der Waals surface area contributed by atoms with Crippen molar-refractivity contribution in [3.05, 3.63) is 12.8 Å². The lowest BCUT2D eigenvalue weighted by Gasteiger charge is -2.13. The lowest BCUT2D eigenvalue weighted by Crippen LogP contribution is -1.98. The molecule has 0 heterocycles. The average molecular weight is 397 g/mol. The zero-order chi connectivity index (χ0) is 20.7. The first-order valence-corrected chi connectivity index (χ1v) is 12.5. The maximum Gasteiger partial charge on any atom is 0.0873 e. The molecule has 0 aromatic rings. The Balaban J connectivity index is 3.29. The molecule has 0 fully saturated rings. The van der Waals surface area contributed by atoms with Gasteiger partial charge in [0.25, 0.3) is 0 Å². The van der Waals surface area contributed by atoms with Gasteiger partial charge in [-0.3, -0.25) is 0 Å². The van der Waals surface area contributed by atoms with Crippen LogP contribution in [-0.2, 0) is 9.47 Å². The van der Waals surface area contributed by atoms with E-state index >= 15 is 0 Å². The van der Waals surface area contributed by atoms with Crippen LogP contribution in [0.3, 0.4) is 0 Å². The monoisotopic (exact) mass is 396 g/mol. The van der Waals surface area contributed by atoms with Gasteiger partial charge in [-0.15, -0.1) is 0 Å². The molecule has 28 heavy (non-hydrogen) atoms. The molecule has 0 rings (SSSR count). The summed E-state index contributed by atoms with van der Waals surface area (Å²) in [6.45, 7) is 13.2. The number of hydrogen-bond donors (Lipinski definition) is 0. The Bertz CT molecular complexity index is 303. The van der Waals surface area contributed by atoms with Gasteiger partial charge in [0, 0.05) is 13.2 Å². The number of hydrogen-bond acceptors (Lipinski definition) is 2. The summed E-state index contributed by atoms with van der Waals surface area (Å²) >= 11 is 0. The zero-order valence-electron chi connectivity index (χ0n) is 19.7. The summed E-state index contributed by atoms with van der Waals surface area (Å²) in [4.78, 5) is 0. The van der Waals surface area contributed by atoms with Gasteiger partial charge >= 0.3 is 0 Å². The van der Waals surface area contributed by atoms with Crippen molar-refractivity contribution < 1.29 is 9.47 Å². The minimum absolute atomic E-state index is 0.840. The van der Waals surface area contributed by atoms with E-state index in [2.05, 4.69) is 27.4 Å². The smallest absolute Gasteiger partial charge is 0.0873 e. The predicted molar refractivity (Wildman–Crippen MR) is 125 cm³/mol. The van der Waals surface area contributed by atoms with Crippen molar-refractivity contribution in [1.82, 2.24) is 0 Å². The third kappa shape index (κ3) is 21.8. The van der Waals surface area contributed by atoms with E-state index in [-0.39, 0.29) is 0 Å². The van der Waals surface area contributed by atoms with Crippen LogP contribution in [0, 0.1) is 11.8 Å². The van der Waals surface area contributed by atoms with Crippen molar-refractivity contribution in [1.29, 1.82) is 0 Å². The van der Waals surface area contributed by atoms with Crippen molar-refractivity contribution in [2.75, 3.05) is 19.8 Å².